The molecule has 1 aromatic carbocycles. The lowest BCUT2D eigenvalue weighted by atomic mass is 10.2. The van der Waals surface area contributed by atoms with Crippen LogP contribution in [0.2, 0.25) is 0 Å². The lowest BCUT2D eigenvalue weighted by Gasteiger charge is -2.16. The molecular weight excluding hydrogens is 259 g/mol. The number of amides is 2. The molecule has 20 heavy (non-hydrogen) atoms. The Bertz CT molecular complexity index is 543. The van der Waals surface area contributed by atoms with Gasteiger partial charge < -0.3 is 15.3 Å². The van der Waals surface area contributed by atoms with E-state index in [9.17, 15) is 9.18 Å². The second kappa shape index (κ2) is 6.92. The topological polar surface area (TPSA) is 52.6 Å². The van der Waals surface area contributed by atoms with E-state index in [1.807, 2.05) is 0 Å². The SMILES string of the molecule is O=C(Nc1ccc(C#CCCO)c(F)c1)N1CCCC1. The van der Waals surface area contributed by atoms with E-state index in [4.69, 9.17) is 5.11 Å². The van der Waals surface area contributed by atoms with E-state index in [1.165, 1.54) is 12.1 Å². The van der Waals surface area contributed by atoms with Crippen molar-refractivity contribution in [2.24, 2.45) is 0 Å². The minimum absolute atomic E-state index is 0.0431. The molecule has 2 N–H and O–H groups in total. The molecular formula is C15H17FN2O2. The number of benzene rings is 1. The van der Waals surface area contributed by atoms with Crippen LogP contribution in [-0.4, -0.2) is 35.7 Å². The molecule has 4 nitrogen and oxygen atoms in total. The number of urea groups is 1. The normalized spacial score (nSPS) is 13.8. The summed E-state index contributed by atoms with van der Waals surface area (Å²) in [5.41, 5.74) is 0.685. The second-order valence-electron chi connectivity index (χ2n) is 4.59. The van der Waals surface area contributed by atoms with E-state index in [0.717, 1.165) is 25.9 Å². The number of aliphatic hydroxyl groups is 1. The number of anilines is 1. The third-order valence-corrected chi connectivity index (χ3v) is 3.07. The van der Waals surface area contributed by atoms with Crippen molar-refractivity contribution in [2.45, 2.75) is 19.3 Å². The number of nitrogens with zero attached hydrogens (tertiary/aromatic N) is 1. The molecule has 2 rings (SSSR count). The minimum atomic E-state index is -0.477. The maximum atomic E-state index is 13.8. The molecule has 106 valence electrons. The first-order valence-corrected chi connectivity index (χ1v) is 6.66. The Labute approximate surface area is 117 Å². The van der Waals surface area contributed by atoms with Crippen LogP contribution in [0.3, 0.4) is 0 Å². The van der Waals surface area contributed by atoms with Gasteiger partial charge in [0.2, 0.25) is 0 Å². The van der Waals surface area contributed by atoms with E-state index < -0.39 is 5.82 Å². The summed E-state index contributed by atoms with van der Waals surface area (Å²) in [5.74, 6) is 4.83. The van der Waals surface area contributed by atoms with E-state index in [1.54, 1.807) is 11.0 Å². The van der Waals surface area contributed by atoms with Crippen LogP contribution in [0.5, 0.6) is 0 Å². The van der Waals surface area contributed by atoms with Gasteiger partial charge in [0, 0.05) is 25.2 Å². The van der Waals surface area contributed by atoms with Crippen molar-refractivity contribution in [1.29, 1.82) is 0 Å². The van der Waals surface area contributed by atoms with Crippen molar-refractivity contribution in [3.63, 3.8) is 0 Å². The average molecular weight is 276 g/mol. The molecule has 0 unspecified atom stereocenters. The first-order valence-electron chi connectivity index (χ1n) is 6.66. The molecule has 0 saturated carbocycles. The van der Waals surface area contributed by atoms with Crippen LogP contribution >= 0.6 is 0 Å². The molecule has 1 fully saturated rings. The predicted molar refractivity (Wildman–Crippen MR) is 74.8 cm³/mol. The highest BCUT2D eigenvalue weighted by Crippen LogP contribution is 2.16. The fourth-order valence-electron chi connectivity index (χ4n) is 2.03. The van der Waals surface area contributed by atoms with E-state index >= 15 is 0 Å². The van der Waals surface area contributed by atoms with Gasteiger partial charge in [-0.3, -0.25) is 0 Å². The van der Waals surface area contributed by atoms with Crippen molar-refractivity contribution in [2.75, 3.05) is 25.0 Å². The van der Waals surface area contributed by atoms with E-state index in [2.05, 4.69) is 17.2 Å². The van der Waals surface area contributed by atoms with Crippen molar-refractivity contribution >= 4 is 11.7 Å². The summed E-state index contributed by atoms with van der Waals surface area (Å²) in [6.45, 7) is 1.46. The highest BCUT2D eigenvalue weighted by molar-refractivity contribution is 5.89. The van der Waals surface area contributed by atoms with Crippen molar-refractivity contribution < 1.29 is 14.3 Å². The summed E-state index contributed by atoms with van der Waals surface area (Å²) in [4.78, 5) is 13.6. The lowest BCUT2D eigenvalue weighted by Crippen LogP contribution is -2.32. The van der Waals surface area contributed by atoms with Gasteiger partial charge in [0.25, 0.3) is 0 Å². The van der Waals surface area contributed by atoms with Gasteiger partial charge in [-0.1, -0.05) is 11.8 Å². The Kier molecular flexibility index (Phi) is 4.97. The molecule has 1 heterocycles. The number of carbonyl (C=O) groups excluding carboxylic acids is 1. The number of aliphatic hydroxyl groups excluding tert-OH is 1. The molecule has 0 bridgehead atoms. The van der Waals surface area contributed by atoms with Gasteiger partial charge in [-0.25, -0.2) is 9.18 Å². The number of nitrogens with one attached hydrogen (secondary N) is 1. The highest BCUT2D eigenvalue weighted by atomic mass is 19.1. The summed E-state index contributed by atoms with van der Waals surface area (Å²) in [6.07, 6.45) is 2.34. The zero-order valence-electron chi connectivity index (χ0n) is 11.2. The van der Waals surface area contributed by atoms with Crippen LogP contribution in [0.15, 0.2) is 18.2 Å². The van der Waals surface area contributed by atoms with Gasteiger partial charge >= 0.3 is 6.03 Å². The van der Waals surface area contributed by atoms with Gasteiger partial charge in [0.05, 0.1) is 12.2 Å². The molecule has 0 atom stereocenters. The lowest BCUT2D eigenvalue weighted by molar-refractivity contribution is 0.222. The van der Waals surface area contributed by atoms with Gasteiger partial charge in [-0.2, -0.15) is 0 Å². The second-order valence-corrected chi connectivity index (χ2v) is 4.59. The standard InChI is InChI=1S/C15H17FN2O2/c16-14-11-13(7-6-12(14)5-1-4-10-19)17-15(20)18-8-2-3-9-18/h6-7,11,19H,2-4,8-10H2,(H,17,20). The highest BCUT2D eigenvalue weighted by Gasteiger charge is 2.17. The Morgan fingerprint density at radius 1 is 1.40 bits per heavy atom. The molecule has 0 spiro atoms. The number of rotatable bonds is 2. The smallest absolute Gasteiger partial charge is 0.321 e. The number of likely N-dealkylation sites (tertiary alicyclic amines) is 1. The Morgan fingerprint density at radius 3 is 2.80 bits per heavy atom. The maximum absolute atomic E-state index is 13.8. The summed E-state index contributed by atoms with van der Waals surface area (Å²) in [7, 11) is 0. The molecule has 1 aliphatic heterocycles. The van der Waals surface area contributed by atoms with Gasteiger partial charge in [0.1, 0.15) is 5.82 Å². The summed E-state index contributed by atoms with van der Waals surface area (Å²) >= 11 is 0. The molecule has 0 aliphatic carbocycles. The van der Waals surface area contributed by atoms with Crippen LogP contribution in [0.4, 0.5) is 14.9 Å². The number of carbonyl (C=O) groups is 1. The summed E-state index contributed by atoms with van der Waals surface area (Å²) < 4.78 is 13.8. The molecule has 1 aromatic rings. The third-order valence-electron chi connectivity index (χ3n) is 3.07. The van der Waals surface area contributed by atoms with Gasteiger partial charge in [-0.15, -0.1) is 0 Å². The fraction of sp³-hybridized carbons (Fsp3) is 0.400. The van der Waals surface area contributed by atoms with Crippen LogP contribution in [0.25, 0.3) is 0 Å². The summed E-state index contributed by atoms with van der Waals surface area (Å²) in [6, 6.07) is 4.22. The number of halogens is 1. The number of hydrogen-bond donors (Lipinski definition) is 2. The monoisotopic (exact) mass is 276 g/mol. The van der Waals surface area contributed by atoms with Crippen LogP contribution in [0, 0.1) is 17.7 Å². The number of hydrogen-bond acceptors (Lipinski definition) is 2. The largest absolute Gasteiger partial charge is 0.395 e. The van der Waals surface area contributed by atoms with Crippen LogP contribution in [-0.2, 0) is 0 Å². The van der Waals surface area contributed by atoms with Gasteiger partial charge in [0.15, 0.2) is 0 Å². The fourth-order valence-corrected chi connectivity index (χ4v) is 2.03. The predicted octanol–water partition coefficient (Wildman–Crippen LogP) is 2.19. The van der Waals surface area contributed by atoms with Crippen LogP contribution < -0.4 is 5.32 Å². The maximum Gasteiger partial charge on any atom is 0.321 e. The molecule has 0 radical (unpaired) electrons. The first-order chi connectivity index (χ1) is 9.70. The molecule has 1 saturated heterocycles. The average Bonchev–Trinajstić information content (AvgIpc) is 2.95. The van der Waals surface area contributed by atoms with Crippen molar-refractivity contribution in [1.82, 2.24) is 4.90 Å². The first kappa shape index (κ1) is 14.4. The Morgan fingerprint density at radius 2 is 2.15 bits per heavy atom. The Balaban J connectivity index is 2.01. The third kappa shape index (κ3) is 3.72. The van der Waals surface area contributed by atoms with Crippen LogP contribution in [0.1, 0.15) is 24.8 Å². The van der Waals surface area contributed by atoms with Crippen molar-refractivity contribution in [3.05, 3.63) is 29.6 Å². The molecule has 1 aliphatic rings. The molecule has 5 heteroatoms. The van der Waals surface area contributed by atoms with E-state index in [-0.39, 0.29) is 18.2 Å². The zero-order chi connectivity index (χ0) is 14.4. The summed E-state index contributed by atoms with van der Waals surface area (Å²) in [5, 5.41) is 11.3. The zero-order valence-corrected chi connectivity index (χ0v) is 11.2. The molecule has 0 aromatic heterocycles. The Hall–Kier alpha value is -2.06. The molecule has 2 amide bonds. The van der Waals surface area contributed by atoms with Crippen molar-refractivity contribution in [3.8, 4) is 11.8 Å². The van der Waals surface area contributed by atoms with Gasteiger partial charge in [-0.05, 0) is 31.0 Å². The van der Waals surface area contributed by atoms with E-state index in [0.29, 0.717) is 12.1 Å². The minimum Gasteiger partial charge on any atom is -0.395 e. The quantitative estimate of drug-likeness (QED) is 0.814.